The Morgan fingerprint density at radius 3 is 2.08 bits per heavy atom. The average molecular weight is 611 g/mol. The molecule has 7 nitrogen and oxygen atoms in total. The summed E-state index contributed by atoms with van der Waals surface area (Å²) in [6.45, 7) is 6.57. The molecule has 0 spiro atoms. The zero-order chi connectivity index (χ0) is 29.0. The lowest BCUT2D eigenvalue weighted by atomic mass is 10.1. The quantitative estimate of drug-likeness (QED) is 0.314. The Labute approximate surface area is 244 Å². The van der Waals surface area contributed by atoms with E-state index in [9.17, 15) is 18.0 Å². The van der Waals surface area contributed by atoms with Gasteiger partial charge in [-0.25, -0.2) is 8.42 Å². The Balaban J connectivity index is 2.04. The summed E-state index contributed by atoms with van der Waals surface area (Å²) >= 11 is 18.3. The van der Waals surface area contributed by atoms with Crippen molar-refractivity contribution < 1.29 is 18.0 Å². The number of carbonyl (C=O) groups is 2. The van der Waals surface area contributed by atoms with E-state index in [1.54, 1.807) is 49.4 Å². The van der Waals surface area contributed by atoms with Gasteiger partial charge >= 0.3 is 0 Å². The molecule has 3 aromatic carbocycles. The van der Waals surface area contributed by atoms with Gasteiger partial charge in [-0.2, -0.15) is 0 Å². The molecule has 39 heavy (non-hydrogen) atoms. The Bertz CT molecular complexity index is 1430. The topological polar surface area (TPSA) is 86.8 Å². The van der Waals surface area contributed by atoms with Crippen molar-refractivity contribution in [2.45, 2.75) is 50.7 Å². The van der Waals surface area contributed by atoms with E-state index < -0.39 is 34.1 Å². The molecule has 1 atom stereocenters. The number of benzene rings is 3. The molecule has 2 amide bonds. The largest absolute Gasteiger partial charge is 0.350 e. The molecule has 0 aliphatic carbocycles. The molecule has 1 unspecified atom stereocenters. The van der Waals surface area contributed by atoms with Gasteiger partial charge in [-0.1, -0.05) is 65.1 Å². The summed E-state index contributed by atoms with van der Waals surface area (Å²) in [5.41, 5.74) is 0.332. The van der Waals surface area contributed by atoms with Crippen LogP contribution >= 0.6 is 34.8 Å². The number of hydrogen-bond acceptors (Lipinski definition) is 4. The van der Waals surface area contributed by atoms with Crippen LogP contribution in [-0.2, 0) is 26.2 Å². The zero-order valence-corrected chi connectivity index (χ0v) is 25.1. The molecule has 0 aliphatic rings. The van der Waals surface area contributed by atoms with E-state index in [0.29, 0.717) is 5.02 Å². The first-order chi connectivity index (χ1) is 18.2. The summed E-state index contributed by atoms with van der Waals surface area (Å²) in [6, 6.07) is 18.0. The highest BCUT2D eigenvalue weighted by Crippen LogP contribution is 2.31. The number of hydrogen-bond donors (Lipinski definition) is 1. The SMILES string of the molecule is CC(C(=O)NC(C)(C)C)N(Cc1ccc(Cl)cc1)C(=O)CN(c1ccc(Cl)c(Cl)c1)S(=O)(=O)c1ccccc1. The fraction of sp³-hybridized carbons (Fsp3) is 0.286. The van der Waals surface area contributed by atoms with Crippen molar-refractivity contribution in [3.05, 3.63) is 93.4 Å². The molecule has 11 heteroatoms. The number of nitrogens with one attached hydrogen (secondary N) is 1. The number of anilines is 1. The minimum Gasteiger partial charge on any atom is -0.350 e. The number of halogens is 3. The van der Waals surface area contributed by atoms with E-state index in [-0.39, 0.29) is 33.1 Å². The molecule has 0 fully saturated rings. The predicted molar refractivity (Wildman–Crippen MR) is 157 cm³/mol. The van der Waals surface area contributed by atoms with Gasteiger partial charge in [0.1, 0.15) is 12.6 Å². The van der Waals surface area contributed by atoms with Crippen LogP contribution in [0.25, 0.3) is 0 Å². The summed E-state index contributed by atoms with van der Waals surface area (Å²) in [5.74, 6) is -0.969. The molecule has 0 aromatic heterocycles. The predicted octanol–water partition coefficient (Wildman–Crippen LogP) is 6.17. The van der Waals surface area contributed by atoms with E-state index in [2.05, 4.69) is 5.32 Å². The third-order valence-electron chi connectivity index (χ3n) is 5.73. The maximum absolute atomic E-state index is 13.9. The molecule has 3 aromatic rings. The molecule has 3 rings (SSSR count). The normalized spacial score (nSPS) is 12.5. The fourth-order valence-corrected chi connectivity index (χ4v) is 5.58. The van der Waals surface area contributed by atoms with E-state index >= 15 is 0 Å². The molecule has 0 bridgehead atoms. The van der Waals surface area contributed by atoms with Crippen LogP contribution in [0.4, 0.5) is 5.69 Å². The molecule has 0 heterocycles. The first kappa shape index (κ1) is 30.8. The standard InChI is InChI=1S/C28H30Cl3N3O4S/c1-19(27(36)32-28(2,3)4)33(17-20-10-12-21(29)13-11-20)26(35)18-34(22-14-15-24(30)25(31)16-22)39(37,38)23-8-6-5-7-9-23/h5-16,19H,17-18H2,1-4H3,(H,32,36). The highest BCUT2D eigenvalue weighted by atomic mass is 35.5. The fourth-order valence-electron chi connectivity index (χ4n) is 3.73. The van der Waals surface area contributed by atoms with Crippen molar-refractivity contribution in [2.75, 3.05) is 10.8 Å². The van der Waals surface area contributed by atoms with E-state index in [1.807, 2.05) is 20.8 Å². The number of nitrogens with zero attached hydrogens (tertiary/aromatic N) is 2. The maximum atomic E-state index is 13.9. The van der Waals surface area contributed by atoms with Crippen molar-refractivity contribution in [3.8, 4) is 0 Å². The van der Waals surface area contributed by atoms with Gasteiger partial charge in [-0.15, -0.1) is 0 Å². The van der Waals surface area contributed by atoms with Crippen LogP contribution in [-0.4, -0.2) is 43.3 Å². The zero-order valence-electron chi connectivity index (χ0n) is 22.0. The Hall–Kier alpha value is -2.78. The van der Waals surface area contributed by atoms with Crippen molar-refractivity contribution >= 4 is 62.3 Å². The van der Waals surface area contributed by atoms with E-state index in [0.717, 1.165) is 9.87 Å². The summed E-state index contributed by atoms with van der Waals surface area (Å²) in [7, 11) is -4.20. The van der Waals surface area contributed by atoms with Gasteiger partial charge in [0.25, 0.3) is 10.0 Å². The molecule has 0 aliphatic heterocycles. The highest BCUT2D eigenvalue weighted by molar-refractivity contribution is 7.92. The van der Waals surface area contributed by atoms with Crippen molar-refractivity contribution in [1.29, 1.82) is 0 Å². The summed E-state index contributed by atoms with van der Waals surface area (Å²) in [4.78, 5) is 28.3. The number of rotatable bonds is 9. The van der Waals surface area contributed by atoms with Crippen LogP contribution in [0.15, 0.2) is 77.7 Å². The van der Waals surface area contributed by atoms with E-state index in [4.69, 9.17) is 34.8 Å². The molecule has 0 radical (unpaired) electrons. The smallest absolute Gasteiger partial charge is 0.264 e. The van der Waals surface area contributed by atoms with Crippen LogP contribution in [0, 0.1) is 0 Å². The van der Waals surface area contributed by atoms with Gasteiger partial charge in [-0.3, -0.25) is 13.9 Å². The minimum atomic E-state index is -4.20. The number of sulfonamides is 1. The molecule has 0 saturated heterocycles. The monoisotopic (exact) mass is 609 g/mol. The lowest BCUT2D eigenvalue weighted by Crippen LogP contribution is -2.54. The van der Waals surface area contributed by atoms with Crippen LogP contribution < -0.4 is 9.62 Å². The lowest BCUT2D eigenvalue weighted by Gasteiger charge is -2.33. The second kappa shape index (κ2) is 12.6. The van der Waals surface area contributed by atoms with Crippen molar-refractivity contribution in [3.63, 3.8) is 0 Å². The molecule has 0 saturated carbocycles. The summed E-state index contributed by atoms with van der Waals surface area (Å²) < 4.78 is 28.5. The van der Waals surface area contributed by atoms with Gasteiger partial charge in [-0.05, 0) is 75.7 Å². The first-order valence-corrected chi connectivity index (χ1v) is 14.7. The van der Waals surface area contributed by atoms with Gasteiger partial charge in [0.15, 0.2) is 0 Å². The lowest BCUT2D eigenvalue weighted by molar-refractivity contribution is -0.140. The Kier molecular flexibility index (Phi) is 9.93. The number of amides is 2. The third-order valence-corrected chi connectivity index (χ3v) is 8.51. The summed E-state index contributed by atoms with van der Waals surface area (Å²) in [6.07, 6.45) is 0. The van der Waals surface area contributed by atoms with Crippen LogP contribution in [0.1, 0.15) is 33.3 Å². The summed E-state index contributed by atoms with van der Waals surface area (Å²) in [5, 5.41) is 3.78. The second-order valence-corrected chi connectivity index (χ2v) is 13.1. The van der Waals surface area contributed by atoms with Crippen molar-refractivity contribution in [1.82, 2.24) is 10.2 Å². The molecule has 208 valence electrons. The average Bonchev–Trinajstić information content (AvgIpc) is 2.87. The third kappa shape index (κ3) is 8.11. The van der Waals surface area contributed by atoms with Crippen LogP contribution in [0.5, 0.6) is 0 Å². The van der Waals surface area contributed by atoms with Gasteiger partial charge in [0.05, 0.1) is 20.6 Å². The minimum absolute atomic E-state index is 0.00773. The van der Waals surface area contributed by atoms with Crippen LogP contribution in [0.2, 0.25) is 15.1 Å². The first-order valence-electron chi connectivity index (χ1n) is 12.1. The molecular weight excluding hydrogens is 581 g/mol. The van der Waals surface area contributed by atoms with Crippen molar-refractivity contribution in [2.24, 2.45) is 0 Å². The van der Waals surface area contributed by atoms with Gasteiger partial charge in [0.2, 0.25) is 11.8 Å². The van der Waals surface area contributed by atoms with Gasteiger partial charge < -0.3 is 10.2 Å². The van der Waals surface area contributed by atoms with E-state index in [1.165, 1.54) is 35.2 Å². The number of carbonyl (C=O) groups excluding carboxylic acids is 2. The molecule has 1 N–H and O–H groups in total. The maximum Gasteiger partial charge on any atom is 0.264 e. The van der Waals surface area contributed by atoms with Crippen LogP contribution in [0.3, 0.4) is 0 Å². The van der Waals surface area contributed by atoms with Gasteiger partial charge in [0, 0.05) is 17.1 Å². The highest BCUT2D eigenvalue weighted by Gasteiger charge is 2.33. The molecular formula is C28H30Cl3N3O4S. The Morgan fingerprint density at radius 2 is 1.51 bits per heavy atom. The Morgan fingerprint density at radius 1 is 0.897 bits per heavy atom. The second-order valence-electron chi connectivity index (χ2n) is 9.99.